The molecule has 10 aliphatic heterocycles. The molecule has 0 amide bonds. The van der Waals surface area contributed by atoms with Gasteiger partial charge in [-0.15, -0.1) is 0 Å². The van der Waals surface area contributed by atoms with Crippen LogP contribution in [0.25, 0.3) is 232 Å². The Kier molecular flexibility index (Phi) is 24.0. The molecule has 10 aliphatic rings. The first kappa shape index (κ1) is 91.9. The molecule has 0 atom stereocenters. The molecule has 35 nitrogen and oxygen atoms in total. The number of nitrogens with zero attached hydrogens (tertiary/aromatic N) is 10. The summed E-state index contributed by atoms with van der Waals surface area (Å²) in [5.41, 5.74) is 23.3. The van der Waals surface area contributed by atoms with E-state index in [-0.39, 0.29) is 75.5 Å². The maximum absolute atomic E-state index is 11.9. The number of H-pyrrole nitrogens is 10. The van der Waals surface area contributed by atoms with Crippen LogP contribution in [0.5, 0.6) is 0 Å². The van der Waals surface area contributed by atoms with Crippen LogP contribution in [0.2, 0.25) is 0 Å². The van der Waals surface area contributed by atoms with E-state index >= 15 is 0 Å². The number of hydrogen-bond acceptors (Lipinski definition) is 25. The van der Waals surface area contributed by atoms with E-state index in [9.17, 15) is 64.9 Å². The molecule has 25 heterocycles. The molecule has 0 saturated heterocycles. The normalized spacial score (nSPS) is 13.1. The van der Waals surface area contributed by atoms with Gasteiger partial charge in [0.15, 0.2) is 0 Å². The molecular weight excluding hydrogens is 1930 g/mol. The summed E-state index contributed by atoms with van der Waals surface area (Å²) in [5.74, 6) is 0. The summed E-state index contributed by atoms with van der Waals surface area (Å²) in [5, 5.41) is 0. The molecule has 0 fully saturated rings. The van der Waals surface area contributed by atoms with Gasteiger partial charge in [0.2, 0.25) is 0 Å². The van der Waals surface area contributed by atoms with Gasteiger partial charge in [-0.25, -0.2) is 91.9 Å². The monoisotopic (exact) mass is 2000 g/mol. The molecule has 1 radical (unpaired) electrons. The van der Waals surface area contributed by atoms with E-state index in [1.807, 2.05) is 152 Å². The van der Waals surface area contributed by atoms with E-state index < -0.39 is 75.1 Å². The van der Waals surface area contributed by atoms with E-state index in [2.05, 4.69) is 99.7 Å². The molecule has 41 heteroatoms. The van der Waals surface area contributed by atoms with Crippen LogP contribution in [-0.2, 0) is 69.1 Å². The molecule has 15 aromatic heterocycles. The first-order chi connectivity index (χ1) is 67.2. The third-order valence-corrected chi connectivity index (χ3v) is 26.7. The smallest absolute Gasteiger partial charge is 0.128 e. The molecule has 0 aliphatic carbocycles. The van der Waals surface area contributed by atoms with Crippen molar-refractivity contribution in [2.75, 3.05) is 0 Å². The van der Waals surface area contributed by atoms with Gasteiger partial charge in [-0.1, -0.05) is 0 Å². The predicted octanol–water partition coefficient (Wildman–Crippen LogP) is 17.8. The fourth-order valence-electron chi connectivity index (χ4n) is 16.2. The maximum Gasteiger partial charge on any atom is 0.128 e. The van der Waals surface area contributed by atoms with Gasteiger partial charge in [0.1, 0.15) is 75.1 Å². The molecule has 40 bridgehead atoms. The fraction of sp³-hybridized carbons (Fsp3) is 0. The third-order valence-electron chi connectivity index (χ3n) is 22.1. The molecule has 0 unspecified atom stereocenters. The van der Waals surface area contributed by atoms with E-state index in [0.29, 0.717) is 56.9 Å². The van der Waals surface area contributed by atoms with Crippen molar-refractivity contribution in [2.45, 2.75) is 24.5 Å². The maximum atomic E-state index is 11.9. The van der Waals surface area contributed by atoms with Crippen molar-refractivity contribution in [1.29, 1.82) is 0 Å². The summed E-state index contributed by atoms with van der Waals surface area (Å²) in [6.45, 7) is 0. The Bertz CT molecular complexity index is 8060. The Morgan fingerprint density at radius 3 is 0.312 bits per heavy atom. The standard InChI is InChI=1S/5C20H14N4O3S.V/c5*25-28(26,27)20-18-7-5-16(23-18)10-14-3-1-12(21-14)9-13-2-4-15(22-13)11-17-6-8-19(20)24-17;/h5*1-11,21-22H,(H,25,26,27);/p-5. The molecule has 25 rings (SSSR count). The van der Waals surface area contributed by atoms with E-state index in [4.69, 9.17) is 0 Å². The summed E-state index contributed by atoms with van der Waals surface area (Å²) >= 11 is 0. The first-order valence-corrected chi connectivity index (χ1v) is 49.4. The number of rotatable bonds is 5. The molecule has 10 N–H and O–H groups in total. The number of hydrogen-bond donors (Lipinski definition) is 10. The van der Waals surface area contributed by atoms with E-state index in [1.54, 1.807) is 121 Å². The van der Waals surface area contributed by atoms with Crippen molar-refractivity contribution in [1.82, 2.24) is 99.7 Å². The average Bonchev–Trinajstić information content (AvgIpc) is 1.67. The van der Waals surface area contributed by atoms with Crippen molar-refractivity contribution < 1.29 is 83.4 Å². The molecule has 0 aromatic carbocycles. The summed E-state index contributed by atoms with van der Waals surface area (Å²) in [4.78, 5) is 73.5. The van der Waals surface area contributed by atoms with Crippen LogP contribution in [0.15, 0.2) is 237 Å². The quantitative estimate of drug-likeness (QED) is 0.0715. The number of aromatic nitrogens is 20. The van der Waals surface area contributed by atoms with Crippen LogP contribution in [0.1, 0.15) is 114 Å². The van der Waals surface area contributed by atoms with Gasteiger partial charge in [-0.3, -0.25) is 0 Å². The first-order valence-electron chi connectivity index (χ1n) is 42.4. The van der Waals surface area contributed by atoms with Crippen LogP contribution < -0.4 is 0 Å². The third kappa shape index (κ3) is 21.0. The zero-order chi connectivity index (χ0) is 96.5. The van der Waals surface area contributed by atoms with Crippen molar-refractivity contribution in [3.05, 3.63) is 326 Å². The second-order valence-electron chi connectivity index (χ2n) is 32.3. The zero-order valence-corrected chi connectivity index (χ0v) is 77.8. The summed E-state index contributed by atoms with van der Waals surface area (Å²) in [7, 11) is -23.9. The van der Waals surface area contributed by atoms with Crippen molar-refractivity contribution in [3.8, 4) is 0 Å². The fourth-order valence-corrected chi connectivity index (χ4v) is 19.9. The van der Waals surface area contributed by atoms with Crippen LogP contribution in [0.3, 0.4) is 0 Å². The topological polar surface area (TPSA) is 573 Å². The van der Waals surface area contributed by atoms with E-state index in [0.717, 1.165) is 110 Å². The molecule has 0 spiro atoms. The average molecular weight is 2000 g/mol. The van der Waals surface area contributed by atoms with Gasteiger partial charge in [-0.2, -0.15) is 0 Å². The van der Waals surface area contributed by atoms with Crippen LogP contribution >= 0.6 is 0 Å². The van der Waals surface area contributed by atoms with E-state index in [1.165, 1.54) is 60.8 Å². The second-order valence-corrected chi connectivity index (χ2v) is 38.9. The second kappa shape index (κ2) is 36.9. The molecule has 0 saturated carbocycles. The van der Waals surface area contributed by atoms with Crippen LogP contribution in [0.4, 0.5) is 0 Å². The van der Waals surface area contributed by atoms with Crippen molar-refractivity contribution in [3.63, 3.8) is 0 Å². The number of nitrogens with one attached hydrogen (secondary N) is 10. The minimum Gasteiger partial charge on any atom is -0.744 e. The van der Waals surface area contributed by atoms with Gasteiger partial charge < -0.3 is 72.6 Å². The zero-order valence-electron chi connectivity index (χ0n) is 72.3. The van der Waals surface area contributed by atoms with Gasteiger partial charge in [0, 0.05) is 129 Å². The number of aromatic amines is 10. The summed E-state index contributed by atoms with van der Waals surface area (Å²) in [6.07, 6.45) is 31.8. The van der Waals surface area contributed by atoms with Gasteiger partial charge in [-0.05, 0) is 334 Å². The van der Waals surface area contributed by atoms with Gasteiger partial charge in [0.25, 0.3) is 0 Å². The summed E-state index contributed by atoms with van der Waals surface area (Å²) in [6, 6.07) is 65.9. The molecular formula is C100H65N20O15S5V-5. The molecule has 15 aromatic rings. The predicted molar refractivity (Wildman–Crippen MR) is 534 cm³/mol. The minimum absolute atomic E-state index is 0. The Hall–Kier alpha value is -16.9. The van der Waals surface area contributed by atoms with Gasteiger partial charge >= 0.3 is 0 Å². The largest absolute Gasteiger partial charge is 0.744 e. The minimum atomic E-state index is -4.77. The summed E-state index contributed by atoms with van der Waals surface area (Å²) < 4.78 is 179. The van der Waals surface area contributed by atoms with Crippen LogP contribution in [-0.4, -0.2) is 165 Å². The Balaban J connectivity index is 0.000000108. The van der Waals surface area contributed by atoms with Crippen LogP contribution in [0, 0.1) is 0 Å². The van der Waals surface area contributed by atoms with Crippen molar-refractivity contribution >= 4 is 282 Å². The Labute approximate surface area is 810 Å². The Morgan fingerprint density at radius 1 is 0.142 bits per heavy atom. The molecule has 141 heavy (non-hydrogen) atoms. The SMILES string of the molecule is O=S(=O)([O-])c1c2nc(cc3ccc(cc4ccc(cc5nc1C=C5)[nH]4)[nH]3)C=C2.O=S(=O)([O-])c1c2nc(cc3ccc(cc4ccc(cc5nc1C=C5)[nH]4)[nH]3)C=C2.O=S(=O)([O-])c1c2nc(cc3ccc(cc4ccc(cc5nc1C=C5)[nH]4)[nH]3)C=C2.O=S(=O)([O-])c1c2nc(cc3ccc(cc4ccc(cc5nc1C=C5)[nH]4)[nH]3)C=C2.O=S(=O)([O-])c1c2nc(cc3ccc(cc4ccc(cc5nc1C=C5)[nH]4)[nH]3)C=C2.[V]. The molecule has 695 valence electrons. The van der Waals surface area contributed by atoms with Crippen molar-refractivity contribution in [2.24, 2.45) is 0 Å². The van der Waals surface area contributed by atoms with Gasteiger partial charge in [0.05, 0.1) is 114 Å². The number of fused-ring (bicyclic) bond motifs is 40. The Morgan fingerprint density at radius 2 is 0.227 bits per heavy atom.